The maximum atomic E-state index is 12.5. The number of halogens is 3. The zero-order valence-corrected chi connectivity index (χ0v) is 7.38. The molecule has 1 aliphatic rings. The van der Waals surface area contributed by atoms with Gasteiger partial charge < -0.3 is 0 Å². The van der Waals surface area contributed by atoms with Crippen molar-refractivity contribution in [2.45, 2.75) is 18.6 Å². The molecule has 4 heteroatoms. The molecule has 2 rings (SSSR count). The van der Waals surface area contributed by atoms with Gasteiger partial charge in [-0.25, -0.2) is 5.32 Å². The molecule has 1 unspecified atom stereocenters. The lowest BCUT2D eigenvalue weighted by molar-refractivity contribution is -0.159. The van der Waals surface area contributed by atoms with Crippen LogP contribution in [0.15, 0.2) is 24.3 Å². The maximum absolute atomic E-state index is 12.5. The summed E-state index contributed by atoms with van der Waals surface area (Å²) < 4.78 is 37.6. The molecule has 1 radical (unpaired) electrons. The van der Waals surface area contributed by atoms with Crippen LogP contribution >= 0.6 is 0 Å². The molecule has 14 heavy (non-hydrogen) atoms. The minimum Gasteiger partial charge on any atom is -0.224 e. The fourth-order valence-corrected chi connectivity index (χ4v) is 1.72. The molecule has 0 saturated carbocycles. The van der Waals surface area contributed by atoms with Crippen LogP contribution in [-0.2, 0) is 6.42 Å². The zero-order chi connectivity index (χ0) is 10.2. The summed E-state index contributed by atoms with van der Waals surface area (Å²) in [5, 5.41) is 3.62. The molecule has 0 fully saturated rings. The van der Waals surface area contributed by atoms with Crippen molar-refractivity contribution >= 4 is 0 Å². The molecule has 1 heterocycles. The molecule has 0 N–H and O–H groups in total. The molecule has 1 aromatic rings. The van der Waals surface area contributed by atoms with Gasteiger partial charge in [-0.15, -0.1) is 0 Å². The van der Waals surface area contributed by atoms with Crippen molar-refractivity contribution in [1.82, 2.24) is 5.32 Å². The van der Waals surface area contributed by atoms with E-state index in [1.807, 2.05) is 0 Å². The molecular formula is C10H9F3N. The van der Waals surface area contributed by atoms with Crippen molar-refractivity contribution in [1.29, 1.82) is 0 Å². The molecule has 0 bridgehead atoms. The fraction of sp³-hybridized carbons (Fsp3) is 0.400. The number of nitrogens with zero attached hydrogens (tertiary/aromatic N) is 1. The Hall–Kier alpha value is -1.03. The monoisotopic (exact) mass is 200 g/mol. The predicted octanol–water partition coefficient (Wildman–Crippen LogP) is 2.45. The number of alkyl halides is 3. The second-order valence-corrected chi connectivity index (χ2v) is 3.30. The first-order valence-corrected chi connectivity index (χ1v) is 4.40. The lowest BCUT2D eigenvalue weighted by Crippen LogP contribution is -2.34. The first kappa shape index (κ1) is 9.52. The first-order chi connectivity index (χ1) is 6.59. The molecule has 1 atom stereocenters. The summed E-state index contributed by atoms with van der Waals surface area (Å²) in [4.78, 5) is 0. The Morgan fingerprint density at radius 2 is 1.93 bits per heavy atom. The third-order valence-electron chi connectivity index (χ3n) is 2.35. The van der Waals surface area contributed by atoms with Crippen molar-refractivity contribution in [3.63, 3.8) is 0 Å². The fourth-order valence-electron chi connectivity index (χ4n) is 1.72. The van der Waals surface area contributed by atoms with E-state index in [-0.39, 0.29) is 6.54 Å². The standard InChI is InChI=1S/C10H9F3N/c11-10(12,13)9-8-4-2-1-3-7(8)5-6-14-9/h1-4,9H,5-6H2. The Bertz CT molecular complexity index is 332. The minimum atomic E-state index is -4.25. The lowest BCUT2D eigenvalue weighted by Gasteiger charge is -2.26. The van der Waals surface area contributed by atoms with Gasteiger partial charge in [0.2, 0.25) is 0 Å². The van der Waals surface area contributed by atoms with Crippen LogP contribution < -0.4 is 5.32 Å². The summed E-state index contributed by atoms with van der Waals surface area (Å²) in [5.74, 6) is 0. The van der Waals surface area contributed by atoms with E-state index in [2.05, 4.69) is 5.32 Å². The third kappa shape index (κ3) is 1.62. The SMILES string of the molecule is FC(F)(F)C1[N]CCc2ccccc21. The van der Waals surface area contributed by atoms with Crippen LogP contribution in [0.25, 0.3) is 0 Å². The van der Waals surface area contributed by atoms with E-state index in [0.717, 1.165) is 5.56 Å². The molecule has 0 aliphatic carbocycles. The van der Waals surface area contributed by atoms with Crippen LogP contribution in [-0.4, -0.2) is 12.7 Å². The topological polar surface area (TPSA) is 14.1 Å². The van der Waals surface area contributed by atoms with Crippen LogP contribution in [0.4, 0.5) is 13.2 Å². The van der Waals surface area contributed by atoms with Gasteiger partial charge in [0.1, 0.15) is 6.04 Å². The summed E-state index contributed by atoms with van der Waals surface area (Å²) in [6, 6.07) is 5.02. The Morgan fingerprint density at radius 3 is 2.64 bits per heavy atom. The number of benzene rings is 1. The van der Waals surface area contributed by atoms with Crippen LogP contribution in [0.3, 0.4) is 0 Å². The molecule has 0 aromatic heterocycles. The summed E-state index contributed by atoms with van der Waals surface area (Å²) >= 11 is 0. The van der Waals surface area contributed by atoms with Crippen molar-refractivity contribution in [2.24, 2.45) is 0 Å². The quantitative estimate of drug-likeness (QED) is 0.610. The van der Waals surface area contributed by atoms with E-state index in [4.69, 9.17) is 0 Å². The second kappa shape index (κ2) is 3.28. The molecule has 75 valence electrons. The first-order valence-electron chi connectivity index (χ1n) is 4.40. The highest BCUT2D eigenvalue weighted by Crippen LogP contribution is 2.37. The van der Waals surface area contributed by atoms with Gasteiger partial charge in [0.25, 0.3) is 0 Å². The van der Waals surface area contributed by atoms with Gasteiger partial charge in [-0.1, -0.05) is 24.3 Å². The molecule has 0 saturated heterocycles. The van der Waals surface area contributed by atoms with E-state index in [1.54, 1.807) is 18.2 Å². The highest BCUT2D eigenvalue weighted by Gasteiger charge is 2.43. The Kier molecular flexibility index (Phi) is 2.23. The molecule has 1 aromatic carbocycles. The number of fused-ring (bicyclic) bond motifs is 1. The van der Waals surface area contributed by atoms with E-state index in [1.165, 1.54) is 6.07 Å². The van der Waals surface area contributed by atoms with Gasteiger partial charge >= 0.3 is 6.18 Å². The Morgan fingerprint density at radius 1 is 1.21 bits per heavy atom. The smallest absolute Gasteiger partial charge is 0.224 e. The molecule has 0 amide bonds. The minimum absolute atomic E-state index is 0.265. The van der Waals surface area contributed by atoms with Crippen LogP contribution in [0.5, 0.6) is 0 Å². The van der Waals surface area contributed by atoms with Gasteiger partial charge in [-0.3, -0.25) is 0 Å². The molecule has 1 nitrogen and oxygen atoms in total. The van der Waals surface area contributed by atoms with Crippen molar-refractivity contribution in [3.8, 4) is 0 Å². The number of hydrogen-bond acceptors (Lipinski definition) is 0. The van der Waals surface area contributed by atoms with E-state index >= 15 is 0 Å². The number of rotatable bonds is 0. The summed E-state index contributed by atoms with van der Waals surface area (Å²) in [5.41, 5.74) is 1.08. The normalized spacial score (nSPS) is 21.8. The molecular weight excluding hydrogens is 191 g/mol. The van der Waals surface area contributed by atoms with E-state index < -0.39 is 12.2 Å². The predicted molar refractivity (Wildman–Crippen MR) is 45.9 cm³/mol. The average molecular weight is 200 g/mol. The largest absolute Gasteiger partial charge is 0.409 e. The lowest BCUT2D eigenvalue weighted by atomic mass is 9.94. The van der Waals surface area contributed by atoms with Crippen molar-refractivity contribution < 1.29 is 13.2 Å². The van der Waals surface area contributed by atoms with Crippen molar-refractivity contribution in [3.05, 3.63) is 35.4 Å². The van der Waals surface area contributed by atoms with Crippen LogP contribution in [0, 0.1) is 0 Å². The van der Waals surface area contributed by atoms with Gasteiger partial charge in [0.05, 0.1) is 0 Å². The van der Waals surface area contributed by atoms with Gasteiger partial charge in [-0.05, 0) is 17.5 Å². The Labute approximate surface area is 79.9 Å². The highest BCUT2D eigenvalue weighted by molar-refractivity contribution is 5.33. The average Bonchev–Trinajstić information content (AvgIpc) is 2.15. The van der Waals surface area contributed by atoms with Crippen LogP contribution in [0.2, 0.25) is 0 Å². The summed E-state index contributed by atoms with van der Waals surface area (Å²) in [6.45, 7) is 0.265. The summed E-state index contributed by atoms with van der Waals surface area (Å²) in [7, 11) is 0. The number of hydrogen-bond donors (Lipinski definition) is 0. The van der Waals surface area contributed by atoms with Crippen LogP contribution in [0.1, 0.15) is 17.2 Å². The highest BCUT2D eigenvalue weighted by atomic mass is 19.4. The second-order valence-electron chi connectivity index (χ2n) is 3.30. The summed E-state index contributed by atoms with van der Waals surface area (Å²) in [6.07, 6.45) is -3.64. The molecule has 1 aliphatic heterocycles. The zero-order valence-electron chi connectivity index (χ0n) is 7.38. The Balaban J connectivity index is 2.41. The third-order valence-corrected chi connectivity index (χ3v) is 2.35. The van der Waals surface area contributed by atoms with E-state index in [0.29, 0.717) is 12.0 Å². The van der Waals surface area contributed by atoms with Gasteiger partial charge in [-0.2, -0.15) is 13.2 Å². The van der Waals surface area contributed by atoms with Crippen molar-refractivity contribution in [2.75, 3.05) is 6.54 Å². The maximum Gasteiger partial charge on any atom is 0.409 e. The van der Waals surface area contributed by atoms with Gasteiger partial charge in [0.15, 0.2) is 0 Å². The van der Waals surface area contributed by atoms with E-state index in [9.17, 15) is 13.2 Å². The van der Waals surface area contributed by atoms with Gasteiger partial charge in [0, 0.05) is 6.54 Å². The molecule has 0 spiro atoms.